The Morgan fingerprint density at radius 3 is 1.44 bits per heavy atom. The van der Waals surface area contributed by atoms with Crippen LogP contribution in [0.25, 0.3) is 12.2 Å². The number of phenolic OH excluding ortho intramolecular Hbond substituents is 8. The summed E-state index contributed by atoms with van der Waals surface area (Å²) in [6, 6.07) is 28.1. The zero-order chi connectivity index (χ0) is 36.3. The predicted octanol–water partition coefficient (Wildman–Crippen LogP) is 8.03. The molecule has 6 aromatic carbocycles. The van der Waals surface area contributed by atoms with Gasteiger partial charge in [0, 0.05) is 28.8 Å². The molecule has 0 spiro atoms. The Balaban J connectivity index is 1.25. The molecule has 0 saturated carbocycles. The largest absolute Gasteiger partial charge is 0.508 e. The number of aromatic hydroxyl groups is 8. The van der Waals surface area contributed by atoms with Crippen molar-refractivity contribution in [1.29, 1.82) is 0 Å². The Bertz CT molecular complexity index is 2350. The van der Waals surface area contributed by atoms with Crippen molar-refractivity contribution in [2.24, 2.45) is 0 Å². The van der Waals surface area contributed by atoms with Gasteiger partial charge in [-0.05, 0) is 101 Å². The second kappa shape index (κ2) is 12.4. The van der Waals surface area contributed by atoms with E-state index in [4.69, 9.17) is 9.47 Å². The molecule has 0 fully saturated rings. The summed E-state index contributed by atoms with van der Waals surface area (Å²) in [7, 11) is 0. The average Bonchev–Trinajstić information content (AvgIpc) is 3.68. The van der Waals surface area contributed by atoms with Gasteiger partial charge in [-0.3, -0.25) is 0 Å². The molecular weight excluding hydrogens is 664 g/mol. The van der Waals surface area contributed by atoms with E-state index in [-0.39, 0.29) is 46.0 Å². The van der Waals surface area contributed by atoms with Gasteiger partial charge < -0.3 is 50.3 Å². The quantitative estimate of drug-likeness (QED) is 0.0795. The minimum absolute atomic E-state index is 0.0630. The van der Waals surface area contributed by atoms with Gasteiger partial charge in [-0.25, -0.2) is 0 Å². The van der Waals surface area contributed by atoms with E-state index in [0.29, 0.717) is 56.0 Å². The zero-order valence-corrected chi connectivity index (χ0v) is 27.3. The van der Waals surface area contributed by atoms with Crippen LogP contribution in [0, 0.1) is 0 Å². The molecule has 0 radical (unpaired) electrons. The van der Waals surface area contributed by atoms with Gasteiger partial charge in [-0.15, -0.1) is 0 Å². The standard InChI is InChI=1S/C42H32O10/c43-27-8-4-23(5-9-27)41-37(25-15-30(46)19-31(47)16-25)40-34(50)17-26(18-36(40)52-41)38-39-33(49)13-21(1-2-22-3-12-29(45)20-32(22)48)14-35(39)51-42(38)24-6-10-28(44)11-7-24/h1-20,37-38,41-50H/b2-1-/t37-,38-,41-,42-/m1/s1. The molecule has 0 bridgehead atoms. The Labute approximate surface area is 297 Å². The topological polar surface area (TPSA) is 180 Å². The Morgan fingerprint density at radius 2 is 0.885 bits per heavy atom. The van der Waals surface area contributed by atoms with Gasteiger partial charge in [0.15, 0.2) is 0 Å². The van der Waals surface area contributed by atoms with Gasteiger partial charge in [0.2, 0.25) is 0 Å². The number of phenols is 8. The van der Waals surface area contributed by atoms with Crippen molar-refractivity contribution in [2.75, 3.05) is 0 Å². The van der Waals surface area contributed by atoms with Crippen molar-refractivity contribution in [3.8, 4) is 57.5 Å². The van der Waals surface area contributed by atoms with Gasteiger partial charge in [0.1, 0.15) is 69.7 Å². The van der Waals surface area contributed by atoms with E-state index in [9.17, 15) is 40.9 Å². The van der Waals surface area contributed by atoms with E-state index in [0.717, 1.165) is 0 Å². The van der Waals surface area contributed by atoms with Crippen LogP contribution in [0.3, 0.4) is 0 Å². The molecule has 0 unspecified atom stereocenters. The van der Waals surface area contributed by atoms with Crippen LogP contribution in [0.1, 0.15) is 68.6 Å². The Kier molecular flexibility index (Phi) is 7.72. The van der Waals surface area contributed by atoms with Crippen LogP contribution in [0.4, 0.5) is 0 Å². The van der Waals surface area contributed by atoms with Crippen LogP contribution >= 0.6 is 0 Å². The first-order chi connectivity index (χ1) is 25.0. The number of hydrogen-bond donors (Lipinski definition) is 8. The summed E-state index contributed by atoms with van der Waals surface area (Å²) in [4.78, 5) is 0. The monoisotopic (exact) mass is 696 g/mol. The summed E-state index contributed by atoms with van der Waals surface area (Å²) in [5, 5.41) is 84.0. The van der Waals surface area contributed by atoms with Gasteiger partial charge in [-0.2, -0.15) is 0 Å². The number of benzene rings is 6. The SMILES string of the molecule is Oc1ccc([C@H]2Oc3cc(/C=C\c4ccc(O)cc4O)cc(O)c3[C@H]2c2cc(O)c3c(c2)O[C@H](c2ccc(O)cc2)[C@@H]3c2cc(O)cc(O)c2)cc1. The minimum atomic E-state index is -0.714. The summed E-state index contributed by atoms with van der Waals surface area (Å²) in [5.41, 5.74) is 4.34. The molecule has 2 aliphatic heterocycles. The third-order valence-corrected chi connectivity index (χ3v) is 9.58. The maximum atomic E-state index is 11.8. The second-order valence-corrected chi connectivity index (χ2v) is 13.0. The fourth-order valence-corrected chi connectivity index (χ4v) is 7.26. The molecule has 8 rings (SSSR count). The third kappa shape index (κ3) is 5.75. The lowest BCUT2D eigenvalue weighted by Gasteiger charge is -2.22. The van der Waals surface area contributed by atoms with Crippen molar-refractivity contribution in [3.05, 3.63) is 154 Å². The first-order valence-electron chi connectivity index (χ1n) is 16.4. The molecule has 0 amide bonds. The highest BCUT2D eigenvalue weighted by Crippen LogP contribution is 2.58. The maximum absolute atomic E-state index is 11.8. The molecule has 10 heteroatoms. The molecular formula is C42H32O10. The number of rotatable bonds is 6. The van der Waals surface area contributed by atoms with Crippen LogP contribution in [0.2, 0.25) is 0 Å². The van der Waals surface area contributed by atoms with E-state index >= 15 is 0 Å². The summed E-state index contributed by atoms with van der Waals surface area (Å²) in [6.07, 6.45) is 1.92. The van der Waals surface area contributed by atoms with E-state index < -0.39 is 24.0 Å². The minimum Gasteiger partial charge on any atom is -0.508 e. The maximum Gasteiger partial charge on any atom is 0.135 e. The van der Waals surface area contributed by atoms with Gasteiger partial charge in [0.05, 0.1) is 11.8 Å². The molecule has 0 aromatic heterocycles. The van der Waals surface area contributed by atoms with Crippen molar-refractivity contribution < 1.29 is 50.3 Å². The highest BCUT2D eigenvalue weighted by atomic mass is 16.5. The van der Waals surface area contributed by atoms with Gasteiger partial charge >= 0.3 is 0 Å². The van der Waals surface area contributed by atoms with Crippen molar-refractivity contribution in [3.63, 3.8) is 0 Å². The van der Waals surface area contributed by atoms with Crippen LogP contribution in [0.5, 0.6) is 57.5 Å². The molecule has 10 nitrogen and oxygen atoms in total. The number of hydrogen-bond acceptors (Lipinski definition) is 10. The normalized spacial score (nSPS) is 18.8. The van der Waals surface area contributed by atoms with Crippen LogP contribution < -0.4 is 9.47 Å². The highest BCUT2D eigenvalue weighted by Gasteiger charge is 2.43. The molecule has 52 heavy (non-hydrogen) atoms. The first-order valence-corrected chi connectivity index (χ1v) is 16.4. The first kappa shape index (κ1) is 32.3. The average molecular weight is 697 g/mol. The van der Waals surface area contributed by atoms with Crippen LogP contribution in [0.15, 0.2) is 109 Å². The number of fused-ring (bicyclic) bond motifs is 2. The molecule has 0 saturated heterocycles. The van der Waals surface area contributed by atoms with E-state index in [2.05, 4.69) is 0 Å². The van der Waals surface area contributed by atoms with Gasteiger partial charge in [0.25, 0.3) is 0 Å². The summed E-state index contributed by atoms with van der Waals surface area (Å²) < 4.78 is 13.1. The fourth-order valence-electron chi connectivity index (χ4n) is 7.26. The van der Waals surface area contributed by atoms with Crippen molar-refractivity contribution in [2.45, 2.75) is 24.0 Å². The van der Waals surface area contributed by atoms with Crippen molar-refractivity contribution >= 4 is 12.2 Å². The molecule has 2 heterocycles. The smallest absolute Gasteiger partial charge is 0.135 e. The molecule has 4 atom stereocenters. The lowest BCUT2D eigenvalue weighted by Crippen LogP contribution is -2.11. The molecule has 0 aliphatic carbocycles. The van der Waals surface area contributed by atoms with Crippen LogP contribution in [-0.2, 0) is 0 Å². The Morgan fingerprint density at radius 1 is 0.385 bits per heavy atom. The lowest BCUT2D eigenvalue weighted by molar-refractivity contribution is 0.218. The van der Waals surface area contributed by atoms with Crippen molar-refractivity contribution in [1.82, 2.24) is 0 Å². The molecule has 2 aliphatic rings. The second-order valence-electron chi connectivity index (χ2n) is 13.0. The third-order valence-electron chi connectivity index (χ3n) is 9.58. The van der Waals surface area contributed by atoms with Crippen LogP contribution in [-0.4, -0.2) is 40.9 Å². The summed E-state index contributed by atoms with van der Waals surface area (Å²) in [6.45, 7) is 0. The highest BCUT2D eigenvalue weighted by molar-refractivity contribution is 5.75. The molecule has 8 N–H and O–H groups in total. The zero-order valence-electron chi connectivity index (χ0n) is 27.3. The summed E-state index contributed by atoms with van der Waals surface area (Å²) >= 11 is 0. The Hall–Kier alpha value is -6.94. The van der Waals surface area contributed by atoms with E-state index in [1.807, 2.05) is 0 Å². The lowest BCUT2D eigenvalue weighted by atomic mass is 9.81. The molecule has 6 aromatic rings. The van der Waals surface area contributed by atoms with E-state index in [1.54, 1.807) is 66.7 Å². The van der Waals surface area contributed by atoms with Gasteiger partial charge in [-0.1, -0.05) is 36.4 Å². The number of ether oxygens (including phenoxy) is 2. The predicted molar refractivity (Wildman–Crippen MR) is 191 cm³/mol. The van der Waals surface area contributed by atoms with E-state index in [1.165, 1.54) is 54.6 Å². The summed E-state index contributed by atoms with van der Waals surface area (Å²) in [5.74, 6) is -1.17. The molecule has 260 valence electrons. The fraction of sp³-hybridized carbons (Fsp3) is 0.0952.